The number of amides is 1. The first-order chi connectivity index (χ1) is 11.3. The molecule has 1 aromatic carbocycles. The Morgan fingerprint density at radius 2 is 2.04 bits per heavy atom. The second-order valence-electron chi connectivity index (χ2n) is 5.67. The standard InChI is InChI=1S/C17H21N3O4/c1-10-5-6-11(2)15(7-10)20-12(3)13(8-18-20)16(21)19-14(9-24-4)17(22)23/h5-8,14H,9H2,1-4H3,(H,19,21)(H,22,23). The molecule has 128 valence electrons. The summed E-state index contributed by atoms with van der Waals surface area (Å²) in [5, 5.41) is 15.8. The molecule has 1 amide bonds. The topological polar surface area (TPSA) is 93.5 Å². The zero-order valence-corrected chi connectivity index (χ0v) is 14.2. The smallest absolute Gasteiger partial charge is 0.328 e. The number of nitrogens with zero attached hydrogens (tertiary/aromatic N) is 2. The number of carboxylic acids is 1. The van der Waals surface area contributed by atoms with Crippen LogP contribution in [-0.2, 0) is 9.53 Å². The van der Waals surface area contributed by atoms with Crippen molar-refractivity contribution in [2.45, 2.75) is 26.8 Å². The number of aryl methyl sites for hydroxylation is 2. The molecule has 0 radical (unpaired) electrons. The van der Waals surface area contributed by atoms with Gasteiger partial charge in [0.05, 0.1) is 29.7 Å². The molecule has 7 nitrogen and oxygen atoms in total. The molecule has 24 heavy (non-hydrogen) atoms. The Kier molecular flexibility index (Phi) is 5.35. The number of hydrogen-bond donors (Lipinski definition) is 2. The van der Waals surface area contributed by atoms with Crippen LogP contribution >= 0.6 is 0 Å². The van der Waals surface area contributed by atoms with E-state index in [-0.39, 0.29) is 6.61 Å². The maximum Gasteiger partial charge on any atom is 0.328 e. The molecule has 0 saturated carbocycles. The number of methoxy groups -OCH3 is 1. The highest BCUT2D eigenvalue weighted by Gasteiger charge is 2.23. The molecule has 2 N–H and O–H groups in total. The number of ether oxygens (including phenoxy) is 1. The summed E-state index contributed by atoms with van der Waals surface area (Å²) in [5.41, 5.74) is 3.98. The first-order valence-corrected chi connectivity index (χ1v) is 7.50. The molecule has 0 aliphatic carbocycles. The SMILES string of the molecule is COCC(NC(=O)c1cnn(-c2cc(C)ccc2C)c1C)C(=O)O. The van der Waals surface area contributed by atoms with Crippen molar-refractivity contribution < 1.29 is 19.4 Å². The predicted molar refractivity (Wildman–Crippen MR) is 88.5 cm³/mol. The van der Waals surface area contributed by atoms with Crippen LogP contribution in [0.3, 0.4) is 0 Å². The van der Waals surface area contributed by atoms with E-state index in [0.717, 1.165) is 16.8 Å². The lowest BCUT2D eigenvalue weighted by Gasteiger charge is -2.13. The normalized spacial score (nSPS) is 12.0. The van der Waals surface area contributed by atoms with E-state index >= 15 is 0 Å². The third-order valence-corrected chi connectivity index (χ3v) is 3.78. The van der Waals surface area contributed by atoms with Gasteiger partial charge in [-0.2, -0.15) is 5.10 Å². The molecule has 0 spiro atoms. The zero-order valence-electron chi connectivity index (χ0n) is 14.2. The second-order valence-corrected chi connectivity index (χ2v) is 5.67. The van der Waals surface area contributed by atoms with Crippen molar-refractivity contribution in [1.82, 2.24) is 15.1 Å². The van der Waals surface area contributed by atoms with Gasteiger partial charge in [0, 0.05) is 7.11 Å². The fourth-order valence-electron chi connectivity index (χ4n) is 2.40. The number of hydrogen-bond acceptors (Lipinski definition) is 4. The number of carboxylic acid groups (broad SMARTS) is 1. The van der Waals surface area contributed by atoms with E-state index in [1.807, 2.05) is 32.0 Å². The van der Waals surface area contributed by atoms with E-state index in [1.165, 1.54) is 13.3 Å². The van der Waals surface area contributed by atoms with Gasteiger partial charge in [-0.05, 0) is 38.0 Å². The van der Waals surface area contributed by atoms with Gasteiger partial charge >= 0.3 is 5.97 Å². The van der Waals surface area contributed by atoms with Crippen LogP contribution in [0.15, 0.2) is 24.4 Å². The summed E-state index contributed by atoms with van der Waals surface area (Å²) in [5.74, 6) is -1.64. The summed E-state index contributed by atoms with van der Waals surface area (Å²) in [7, 11) is 1.38. The number of rotatable bonds is 6. The van der Waals surface area contributed by atoms with Crippen LogP contribution < -0.4 is 5.32 Å². The first kappa shape index (κ1) is 17.7. The van der Waals surface area contributed by atoms with Crippen molar-refractivity contribution in [3.8, 4) is 5.69 Å². The van der Waals surface area contributed by atoms with E-state index in [9.17, 15) is 9.59 Å². The largest absolute Gasteiger partial charge is 0.480 e. The minimum Gasteiger partial charge on any atom is -0.480 e. The number of aliphatic carboxylic acids is 1. The number of aromatic nitrogens is 2. The lowest BCUT2D eigenvalue weighted by Crippen LogP contribution is -2.43. The van der Waals surface area contributed by atoms with Gasteiger partial charge in [-0.1, -0.05) is 12.1 Å². The van der Waals surface area contributed by atoms with E-state index < -0.39 is 17.9 Å². The quantitative estimate of drug-likeness (QED) is 0.839. The Hall–Kier alpha value is -2.67. The molecule has 2 rings (SSSR count). The third kappa shape index (κ3) is 3.62. The molecular weight excluding hydrogens is 310 g/mol. The Labute approximate surface area is 140 Å². The molecule has 7 heteroatoms. The van der Waals surface area contributed by atoms with Crippen molar-refractivity contribution in [3.63, 3.8) is 0 Å². The molecule has 0 bridgehead atoms. The van der Waals surface area contributed by atoms with Gasteiger partial charge in [-0.3, -0.25) is 4.79 Å². The summed E-state index contributed by atoms with van der Waals surface area (Å²) in [4.78, 5) is 23.5. The van der Waals surface area contributed by atoms with Crippen molar-refractivity contribution in [3.05, 3.63) is 46.8 Å². The molecule has 0 fully saturated rings. The van der Waals surface area contributed by atoms with Crippen molar-refractivity contribution in [1.29, 1.82) is 0 Å². The summed E-state index contributed by atoms with van der Waals surface area (Å²) in [6.07, 6.45) is 1.44. The summed E-state index contributed by atoms with van der Waals surface area (Å²) < 4.78 is 6.50. The van der Waals surface area contributed by atoms with Gasteiger partial charge in [0.25, 0.3) is 5.91 Å². The Bertz CT molecular complexity index is 767. The molecule has 0 aliphatic rings. The summed E-state index contributed by atoms with van der Waals surface area (Å²) >= 11 is 0. The van der Waals surface area contributed by atoms with Gasteiger partial charge in [0.1, 0.15) is 0 Å². The van der Waals surface area contributed by atoms with Crippen molar-refractivity contribution in [2.75, 3.05) is 13.7 Å². The van der Waals surface area contributed by atoms with Crippen LogP contribution in [0.2, 0.25) is 0 Å². The highest BCUT2D eigenvalue weighted by molar-refractivity contribution is 5.97. The maximum atomic E-state index is 12.4. The number of carbonyl (C=O) groups excluding carboxylic acids is 1. The third-order valence-electron chi connectivity index (χ3n) is 3.78. The number of nitrogens with one attached hydrogen (secondary N) is 1. The fourth-order valence-corrected chi connectivity index (χ4v) is 2.40. The number of carbonyl (C=O) groups is 2. The molecule has 0 aliphatic heterocycles. The molecule has 1 heterocycles. The Morgan fingerprint density at radius 3 is 2.67 bits per heavy atom. The maximum absolute atomic E-state index is 12.4. The minimum absolute atomic E-state index is 0.106. The summed E-state index contributed by atoms with van der Waals surface area (Å²) in [6, 6.07) is 4.88. The Balaban J connectivity index is 2.31. The van der Waals surface area contributed by atoms with Crippen molar-refractivity contribution in [2.24, 2.45) is 0 Å². The molecule has 1 unspecified atom stereocenters. The van der Waals surface area contributed by atoms with Crippen LogP contribution in [-0.4, -0.2) is 46.5 Å². The predicted octanol–water partition coefficient (Wildman–Crippen LogP) is 1.63. The van der Waals surface area contributed by atoms with Crippen LogP contribution in [0.1, 0.15) is 27.2 Å². The van der Waals surface area contributed by atoms with Crippen molar-refractivity contribution >= 4 is 11.9 Å². The van der Waals surface area contributed by atoms with Crippen LogP contribution in [0.5, 0.6) is 0 Å². The average Bonchev–Trinajstić information content (AvgIpc) is 2.90. The minimum atomic E-state index is -1.15. The van der Waals surface area contributed by atoms with Gasteiger partial charge in [-0.15, -0.1) is 0 Å². The average molecular weight is 331 g/mol. The van der Waals surface area contributed by atoms with E-state index in [4.69, 9.17) is 9.84 Å². The monoisotopic (exact) mass is 331 g/mol. The lowest BCUT2D eigenvalue weighted by molar-refractivity contribution is -0.140. The van der Waals surface area contributed by atoms with E-state index in [2.05, 4.69) is 10.4 Å². The van der Waals surface area contributed by atoms with Crippen LogP contribution in [0.4, 0.5) is 0 Å². The van der Waals surface area contributed by atoms with Crippen LogP contribution in [0, 0.1) is 20.8 Å². The van der Waals surface area contributed by atoms with Crippen LogP contribution in [0.25, 0.3) is 5.69 Å². The van der Waals surface area contributed by atoms with Gasteiger partial charge < -0.3 is 15.2 Å². The van der Waals surface area contributed by atoms with Gasteiger partial charge in [0.2, 0.25) is 0 Å². The Morgan fingerprint density at radius 1 is 1.33 bits per heavy atom. The summed E-state index contributed by atoms with van der Waals surface area (Å²) in [6.45, 7) is 5.62. The van der Waals surface area contributed by atoms with Gasteiger partial charge in [0.15, 0.2) is 6.04 Å². The van der Waals surface area contributed by atoms with E-state index in [0.29, 0.717) is 11.3 Å². The highest BCUT2D eigenvalue weighted by Crippen LogP contribution is 2.19. The lowest BCUT2D eigenvalue weighted by atomic mass is 10.1. The zero-order chi connectivity index (χ0) is 17.9. The second kappa shape index (κ2) is 7.27. The molecule has 1 aromatic heterocycles. The van der Waals surface area contributed by atoms with E-state index in [1.54, 1.807) is 11.6 Å². The van der Waals surface area contributed by atoms with Gasteiger partial charge in [-0.25, -0.2) is 9.48 Å². The fraction of sp³-hybridized carbons (Fsp3) is 0.353. The first-order valence-electron chi connectivity index (χ1n) is 7.50. The highest BCUT2D eigenvalue weighted by atomic mass is 16.5. The molecule has 2 aromatic rings. The molecule has 1 atom stereocenters. The molecular formula is C17H21N3O4. The number of benzene rings is 1. The molecule has 0 saturated heterocycles.